The highest BCUT2D eigenvalue weighted by Crippen LogP contribution is 2.44. The van der Waals surface area contributed by atoms with Crippen LogP contribution in [0.25, 0.3) is 0 Å². The molecule has 108 valence electrons. The fourth-order valence-electron chi connectivity index (χ4n) is 3.18. The molecule has 3 rings (SSSR count). The van der Waals surface area contributed by atoms with Gasteiger partial charge in [0.2, 0.25) is 5.91 Å². The van der Waals surface area contributed by atoms with Crippen molar-refractivity contribution in [3.63, 3.8) is 0 Å². The number of hydrogen-bond acceptors (Lipinski definition) is 4. The summed E-state index contributed by atoms with van der Waals surface area (Å²) >= 11 is 0. The Morgan fingerprint density at radius 3 is 2.25 bits per heavy atom. The van der Waals surface area contributed by atoms with Crippen LogP contribution in [0, 0.1) is 5.41 Å². The molecule has 1 aliphatic carbocycles. The monoisotopic (exact) mass is 276 g/mol. The average molecular weight is 276 g/mol. The number of carbonyl (C=O) groups is 1. The number of nitrogens with one attached hydrogen (secondary N) is 2. The minimum absolute atomic E-state index is 0.119. The molecule has 5 heteroatoms. The van der Waals surface area contributed by atoms with Crippen LogP contribution in [-0.2, 0) is 4.79 Å². The third-order valence-corrected chi connectivity index (χ3v) is 4.43. The van der Waals surface area contributed by atoms with Crippen LogP contribution in [0.5, 0.6) is 11.5 Å². The lowest BCUT2D eigenvalue weighted by molar-refractivity contribution is -0.124. The van der Waals surface area contributed by atoms with Crippen molar-refractivity contribution in [3.05, 3.63) is 12.1 Å². The molecule has 2 N–H and O–H groups in total. The summed E-state index contributed by atoms with van der Waals surface area (Å²) in [6, 6.07) is 3.69. The number of rotatable bonds is 2. The molecule has 2 aliphatic rings. The number of hydrogen-bond donors (Lipinski definition) is 2. The summed E-state index contributed by atoms with van der Waals surface area (Å²) in [6.45, 7) is 0.682. The van der Waals surface area contributed by atoms with E-state index in [1.807, 2.05) is 12.1 Å². The number of benzene rings is 1. The van der Waals surface area contributed by atoms with E-state index in [1.165, 1.54) is 0 Å². The van der Waals surface area contributed by atoms with Crippen LogP contribution >= 0.6 is 0 Å². The lowest BCUT2D eigenvalue weighted by Gasteiger charge is -2.24. The molecule has 1 amide bonds. The number of amides is 1. The maximum Gasteiger partial charge on any atom is 0.232 e. The van der Waals surface area contributed by atoms with E-state index in [-0.39, 0.29) is 11.3 Å². The normalized spacial score (nSPS) is 19.8. The van der Waals surface area contributed by atoms with Gasteiger partial charge in [0, 0.05) is 18.7 Å². The maximum absolute atomic E-state index is 12.5. The molecule has 1 heterocycles. The minimum Gasteiger partial charge on any atom is -0.493 e. The minimum atomic E-state index is -0.264. The van der Waals surface area contributed by atoms with Crippen molar-refractivity contribution in [1.82, 2.24) is 0 Å². The van der Waals surface area contributed by atoms with Crippen molar-refractivity contribution in [3.8, 4) is 11.5 Å². The fourth-order valence-corrected chi connectivity index (χ4v) is 3.18. The van der Waals surface area contributed by atoms with Crippen molar-refractivity contribution in [2.45, 2.75) is 25.7 Å². The molecule has 0 radical (unpaired) electrons. The van der Waals surface area contributed by atoms with Gasteiger partial charge in [-0.3, -0.25) is 4.79 Å². The molecule has 0 unspecified atom stereocenters. The van der Waals surface area contributed by atoms with Gasteiger partial charge in [-0.2, -0.15) is 0 Å². The van der Waals surface area contributed by atoms with Crippen molar-refractivity contribution in [2.24, 2.45) is 5.41 Å². The highest BCUT2D eigenvalue weighted by Gasteiger charge is 2.42. The second-order valence-corrected chi connectivity index (χ2v) is 5.55. The molecular weight excluding hydrogens is 256 g/mol. The molecule has 0 saturated heterocycles. The zero-order valence-corrected chi connectivity index (χ0v) is 11.9. The molecule has 20 heavy (non-hydrogen) atoms. The van der Waals surface area contributed by atoms with Gasteiger partial charge in [-0.15, -0.1) is 0 Å². The predicted molar refractivity (Wildman–Crippen MR) is 77.6 cm³/mol. The van der Waals surface area contributed by atoms with E-state index in [0.29, 0.717) is 18.0 Å². The van der Waals surface area contributed by atoms with Gasteiger partial charge in [0.1, 0.15) is 0 Å². The summed E-state index contributed by atoms with van der Waals surface area (Å²) in [6.07, 6.45) is 4.15. The quantitative estimate of drug-likeness (QED) is 0.871. The molecule has 1 aromatic carbocycles. The topological polar surface area (TPSA) is 59.6 Å². The van der Waals surface area contributed by atoms with Gasteiger partial charge in [0.15, 0.2) is 11.5 Å². The SMILES string of the molecule is COc1cc2c(cc1OC)NC(=O)C1(CCCC1)CN2. The van der Waals surface area contributed by atoms with E-state index < -0.39 is 0 Å². The fraction of sp³-hybridized carbons (Fsp3) is 0.533. The van der Waals surface area contributed by atoms with E-state index in [1.54, 1.807) is 14.2 Å². The Bertz CT molecular complexity index is 536. The Balaban J connectivity index is 1.97. The molecule has 1 fully saturated rings. The standard InChI is InChI=1S/C15H20N2O3/c1-19-12-7-10-11(8-13(12)20-2)17-14(18)15(9-16-10)5-3-4-6-15/h7-8,16H,3-6,9H2,1-2H3,(H,17,18). The molecule has 1 saturated carbocycles. The van der Waals surface area contributed by atoms with Crippen LogP contribution < -0.4 is 20.1 Å². The van der Waals surface area contributed by atoms with E-state index in [0.717, 1.165) is 37.1 Å². The van der Waals surface area contributed by atoms with Crippen molar-refractivity contribution in [1.29, 1.82) is 0 Å². The Morgan fingerprint density at radius 2 is 1.65 bits per heavy atom. The number of fused-ring (bicyclic) bond motifs is 1. The molecule has 1 aromatic rings. The van der Waals surface area contributed by atoms with E-state index >= 15 is 0 Å². The summed E-state index contributed by atoms with van der Waals surface area (Å²) in [5.74, 6) is 1.40. The van der Waals surface area contributed by atoms with Gasteiger partial charge >= 0.3 is 0 Å². The third-order valence-electron chi connectivity index (χ3n) is 4.43. The number of methoxy groups -OCH3 is 2. The highest BCUT2D eigenvalue weighted by molar-refractivity contribution is 6.00. The van der Waals surface area contributed by atoms with Gasteiger partial charge in [-0.05, 0) is 12.8 Å². The lowest BCUT2D eigenvalue weighted by atomic mass is 9.85. The summed E-state index contributed by atoms with van der Waals surface area (Å²) in [7, 11) is 3.20. The van der Waals surface area contributed by atoms with Crippen LogP contribution in [0.2, 0.25) is 0 Å². The molecule has 1 spiro atoms. The van der Waals surface area contributed by atoms with Gasteiger partial charge in [0.05, 0.1) is 31.0 Å². The van der Waals surface area contributed by atoms with Crippen LogP contribution in [0.1, 0.15) is 25.7 Å². The van der Waals surface area contributed by atoms with Crippen molar-refractivity contribution in [2.75, 3.05) is 31.4 Å². The third kappa shape index (κ3) is 1.97. The van der Waals surface area contributed by atoms with Gasteiger partial charge in [-0.1, -0.05) is 12.8 Å². The van der Waals surface area contributed by atoms with Crippen LogP contribution in [0.15, 0.2) is 12.1 Å². The van der Waals surface area contributed by atoms with Crippen LogP contribution in [0.4, 0.5) is 11.4 Å². The van der Waals surface area contributed by atoms with Crippen LogP contribution in [0.3, 0.4) is 0 Å². The Hall–Kier alpha value is -1.91. The largest absolute Gasteiger partial charge is 0.493 e. The first-order valence-electron chi connectivity index (χ1n) is 7.00. The second-order valence-electron chi connectivity index (χ2n) is 5.55. The summed E-state index contributed by atoms with van der Waals surface area (Å²) in [5.41, 5.74) is 1.38. The van der Waals surface area contributed by atoms with Gasteiger partial charge in [-0.25, -0.2) is 0 Å². The van der Waals surface area contributed by atoms with Crippen molar-refractivity contribution >= 4 is 17.3 Å². The smallest absolute Gasteiger partial charge is 0.232 e. The summed E-state index contributed by atoms with van der Waals surface area (Å²) in [5, 5.41) is 6.44. The zero-order valence-electron chi connectivity index (χ0n) is 11.9. The molecule has 5 nitrogen and oxygen atoms in total. The molecule has 0 bridgehead atoms. The molecule has 0 atom stereocenters. The average Bonchev–Trinajstić information content (AvgIpc) is 2.90. The predicted octanol–water partition coefficient (Wildman–Crippen LogP) is 2.63. The summed E-state index contributed by atoms with van der Waals surface area (Å²) < 4.78 is 10.6. The number of ether oxygens (including phenoxy) is 2. The first-order valence-corrected chi connectivity index (χ1v) is 7.00. The van der Waals surface area contributed by atoms with Crippen LogP contribution in [-0.4, -0.2) is 26.7 Å². The van der Waals surface area contributed by atoms with E-state index in [9.17, 15) is 4.79 Å². The van der Waals surface area contributed by atoms with E-state index in [4.69, 9.17) is 9.47 Å². The number of carbonyl (C=O) groups excluding carboxylic acids is 1. The number of anilines is 2. The van der Waals surface area contributed by atoms with Crippen molar-refractivity contribution < 1.29 is 14.3 Å². The Morgan fingerprint density at radius 1 is 1.05 bits per heavy atom. The molecule has 1 aliphatic heterocycles. The molecular formula is C15H20N2O3. The Kier molecular flexibility index (Phi) is 3.20. The summed E-state index contributed by atoms with van der Waals surface area (Å²) in [4.78, 5) is 12.5. The second kappa shape index (κ2) is 4.89. The Labute approximate surface area is 118 Å². The first kappa shape index (κ1) is 13.1. The first-order chi connectivity index (χ1) is 9.68. The van der Waals surface area contributed by atoms with Gasteiger partial charge < -0.3 is 20.1 Å². The van der Waals surface area contributed by atoms with E-state index in [2.05, 4.69) is 10.6 Å². The maximum atomic E-state index is 12.5. The lowest BCUT2D eigenvalue weighted by Crippen LogP contribution is -2.37. The molecule has 0 aromatic heterocycles. The van der Waals surface area contributed by atoms with Gasteiger partial charge in [0.25, 0.3) is 0 Å². The zero-order chi connectivity index (χ0) is 14.2. The highest BCUT2D eigenvalue weighted by atomic mass is 16.5.